The van der Waals surface area contributed by atoms with E-state index >= 15 is 0 Å². The van der Waals surface area contributed by atoms with Crippen molar-refractivity contribution in [2.75, 3.05) is 13.1 Å². The Labute approximate surface area is 203 Å². The van der Waals surface area contributed by atoms with Crippen molar-refractivity contribution in [2.45, 2.75) is 57.8 Å². The first-order valence-electron chi connectivity index (χ1n) is 12.8. The summed E-state index contributed by atoms with van der Waals surface area (Å²) in [7, 11) is 0. The molecule has 34 heavy (non-hydrogen) atoms. The fourth-order valence-electron chi connectivity index (χ4n) is 7.12. The average molecular weight is 460 g/mol. The lowest BCUT2D eigenvalue weighted by Gasteiger charge is -2.59. The van der Waals surface area contributed by atoms with Gasteiger partial charge in [0.15, 0.2) is 0 Å². The van der Waals surface area contributed by atoms with E-state index in [0.717, 1.165) is 31.5 Å². The van der Waals surface area contributed by atoms with Crippen molar-refractivity contribution in [3.05, 3.63) is 71.8 Å². The SMILES string of the molecule is CC(=O)C1NC2(C(=O)NCc3ccccc3)CC3CN(CC(C)C)C(C31)C2Cc1ccccc1. The van der Waals surface area contributed by atoms with Crippen LogP contribution in [0, 0.1) is 23.7 Å². The molecule has 3 heterocycles. The Kier molecular flexibility index (Phi) is 6.34. The molecular formula is C29H37N3O2. The summed E-state index contributed by atoms with van der Waals surface area (Å²) in [5.74, 6) is 1.50. The fourth-order valence-corrected chi connectivity index (χ4v) is 7.12. The molecule has 4 bridgehead atoms. The number of hydrogen-bond acceptors (Lipinski definition) is 4. The van der Waals surface area contributed by atoms with Gasteiger partial charge in [-0.25, -0.2) is 0 Å². The lowest BCUT2D eigenvalue weighted by molar-refractivity contribution is -0.146. The highest BCUT2D eigenvalue weighted by atomic mass is 16.2. The minimum atomic E-state index is -0.739. The van der Waals surface area contributed by atoms with Crippen LogP contribution < -0.4 is 10.6 Å². The summed E-state index contributed by atoms with van der Waals surface area (Å²) in [5, 5.41) is 6.91. The minimum absolute atomic E-state index is 0.0445. The first-order valence-corrected chi connectivity index (χ1v) is 12.8. The van der Waals surface area contributed by atoms with Crippen molar-refractivity contribution in [3.8, 4) is 0 Å². The molecular weight excluding hydrogens is 422 g/mol. The predicted molar refractivity (Wildman–Crippen MR) is 134 cm³/mol. The number of amides is 1. The molecule has 4 fully saturated rings. The van der Waals surface area contributed by atoms with Crippen LogP contribution in [0.5, 0.6) is 0 Å². The van der Waals surface area contributed by atoms with Gasteiger partial charge in [-0.15, -0.1) is 0 Å². The Morgan fingerprint density at radius 1 is 1.06 bits per heavy atom. The molecule has 1 amide bonds. The van der Waals surface area contributed by atoms with Crippen molar-refractivity contribution < 1.29 is 9.59 Å². The third kappa shape index (κ3) is 4.09. The summed E-state index contributed by atoms with van der Waals surface area (Å²) in [5.41, 5.74) is 1.60. The number of carbonyl (C=O) groups excluding carboxylic acids is 2. The monoisotopic (exact) mass is 459 g/mol. The maximum atomic E-state index is 14.1. The molecule has 0 spiro atoms. The summed E-state index contributed by atoms with van der Waals surface area (Å²) in [4.78, 5) is 29.5. The summed E-state index contributed by atoms with van der Waals surface area (Å²) >= 11 is 0. The fraction of sp³-hybridized carbons (Fsp3) is 0.517. The largest absolute Gasteiger partial charge is 0.350 e. The van der Waals surface area contributed by atoms with Crippen molar-refractivity contribution in [1.29, 1.82) is 0 Å². The number of piperidine rings is 2. The molecule has 0 radical (unpaired) electrons. The number of fused-ring (bicyclic) bond motifs is 1. The second kappa shape index (κ2) is 9.27. The number of ketones is 1. The van der Waals surface area contributed by atoms with Crippen LogP contribution in [0.2, 0.25) is 0 Å². The van der Waals surface area contributed by atoms with Gasteiger partial charge in [0.25, 0.3) is 0 Å². The molecule has 6 atom stereocenters. The molecule has 6 rings (SSSR count). The Morgan fingerprint density at radius 2 is 1.71 bits per heavy atom. The summed E-state index contributed by atoms with van der Waals surface area (Å²) in [6, 6.07) is 20.6. The molecule has 2 N–H and O–H groups in total. The van der Waals surface area contributed by atoms with Crippen molar-refractivity contribution in [2.24, 2.45) is 23.7 Å². The zero-order chi connectivity index (χ0) is 23.9. The van der Waals surface area contributed by atoms with E-state index in [1.54, 1.807) is 6.92 Å². The summed E-state index contributed by atoms with van der Waals surface area (Å²) < 4.78 is 0. The van der Waals surface area contributed by atoms with E-state index in [1.165, 1.54) is 5.56 Å². The van der Waals surface area contributed by atoms with E-state index in [2.05, 4.69) is 53.6 Å². The van der Waals surface area contributed by atoms with Crippen molar-refractivity contribution in [1.82, 2.24) is 15.5 Å². The molecule has 3 saturated heterocycles. The Morgan fingerprint density at radius 3 is 2.32 bits per heavy atom. The molecule has 2 aromatic carbocycles. The first-order chi connectivity index (χ1) is 16.4. The Balaban J connectivity index is 1.52. The third-order valence-corrected chi connectivity index (χ3v) is 8.29. The maximum absolute atomic E-state index is 14.1. The standard InChI is InChI=1S/C29H37N3O2/c1-19(2)17-32-18-23-15-29(28(34)30-16-22-12-8-5-9-13-22)24(14-21-10-6-4-7-11-21)27(32)25(23)26(31-29)20(3)33/h4-13,19,23-27,31H,14-18H2,1-3H3,(H,30,34). The van der Waals surface area contributed by atoms with Crippen LogP contribution in [0.3, 0.4) is 0 Å². The molecule has 180 valence electrons. The van der Waals surface area contributed by atoms with Crippen molar-refractivity contribution >= 4 is 11.7 Å². The number of likely N-dealkylation sites (tertiary alicyclic amines) is 1. The minimum Gasteiger partial charge on any atom is -0.350 e. The molecule has 5 nitrogen and oxygen atoms in total. The average Bonchev–Trinajstić information content (AvgIpc) is 3.13. The summed E-state index contributed by atoms with van der Waals surface area (Å²) in [6.45, 7) is 8.70. The normalized spacial score (nSPS) is 32.2. The van der Waals surface area contributed by atoms with Crippen LogP contribution in [0.15, 0.2) is 60.7 Å². The predicted octanol–water partition coefficient (Wildman–Crippen LogP) is 3.44. The van der Waals surface area contributed by atoms with Gasteiger partial charge in [0.2, 0.25) is 5.91 Å². The Hall–Kier alpha value is -2.50. The van der Waals surface area contributed by atoms with E-state index in [9.17, 15) is 9.59 Å². The lowest BCUT2D eigenvalue weighted by Crippen LogP contribution is -2.78. The van der Waals surface area contributed by atoms with Gasteiger partial charge in [-0.05, 0) is 42.7 Å². The second-order valence-electron chi connectivity index (χ2n) is 11.0. The number of benzene rings is 2. The van der Waals surface area contributed by atoms with Crippen LogP contribution in [-0.2, 0) is 22.6 Å². The van der Waals surface area contributed by atoms with E-state index in [0.29, 0.717) is 18.4 Å². The van der Waals surface area contributed by atoms with Crippen LogP contribution in [-0.4, -0.2) is 47.3 Å². The number of carbonyl (C=O) groups is 2. The van der Waals surface area contributed by atoms with Gasteiger partial charge >= 0.3 is 0 Å². The molecule has 2 aromatic rings. The quantitative estimate of drug-likeness (QED) is 0.635. The number of nitrogens with zero attached hydrogens (tertiary/aromatic N) is 1. The molecule has 4 aliphatic rings. The van der Waals surface area contributed by atoms with Crippen molar-refractivity contribution in [3.63, 3.8) is 0 Å². The number of Topliss-reactive ketones (excluding diaryl/α,β-unsaturated/α-hetero) is 1. The van der Waals surface area contributed by atoms with Gasteiger partial charge < -0.3 is 5.32 Å². The van der Waals surface area contributed by atoms with Gasteiger partial charge in [0.05, 0.1) is 6.04 Å². The van der Waals surface area contributed by atoms with E-state index in [-0.39, 0.29) is 35.6 Å². The Bertz CT molecular complexity index is 1020. The number of hydrogen-bond donors (Lipinski definition) is 2. The number of rotatable bonds is 8. The highest BCUT2D eigenvalue weighted by Gasteiger charge is 2.68. The van der Waals surface area contributed by atoms with E-state index in [1.807, 2.05) is 36.4 Å². The van der Waals surface area contributed by atoms with E-state index in [4.69, 9.17) is 0 Å². The topological polar surface area (TPSA) is 61.4 Å². The highest BCUT2D eigenvalue weighted by Crippen LogP contribution is 2.55. The third-order valence-electron chi connectivity index (χ3n) is 8.29. The molecule has 3 aliphatic heterocycles. The molecule has 5 heteroatoms. The van der Waals surface area contributed by atoms with Crippen LogP contribution in [0.1, 0.15) is 38.3 Å². The van der Waals surface area contributed by atoms with Crippen LogP contribution >= 0.6 is 0 Å². The highest BCUT2D eigenvalue weighted by molar-refractivity contribution is 5.91. The molecule has 1 aliphatic carbocycles. The number of nitrogens with one attached hydrogen (secondary N) is 2. The smallest absolute Gasteiger partial charge is 0.240 e. The van der Waals surface area contributed by atoms with E-state index < -0.39 is 5.54 Å². The van der Waals surface area contributed by atoms with Gasteiger partial charge in [-0.1, -0.05) is 74.5 Å². The zero-order valence-corrected chi connectivity index (χ0v) is 20.5. The first kappa shape index (κ1) is 23.3. The molecule has 6 unspecified atom stereocenters. The van der Waals surface area contributed by atoms with Gasteiger partial charge in [0, 0.05) is 37.5 Å². The molecule has 0 aromatic heterocycles. The molecule has 1 saturated carbocycles. The van der Waals surface area contributed by atoms with Gasteiger partial charge in [0.1, 0.15) is 11.3 Å². The maximum Gasteiger partial charge on any atom is 0.240 e. The summed E-state index contributed by atoms with van der Waals surface area (Å²) in [6.07, 6.45) is 1.63. The lowest BCUT2D eigenvalue weighted by atomic mass is 9.55. The van der Waals surface area contributed by atoms with Crippen LogP contribution in [0.4, 0.5) is 0 Å². The zero-order valence-electron chi connectivity index (χ0n) is 20.5. The van der Waals surface area contributed by atoms with Crippen LogP contribution in [0.25, 0.3) is 0 Å². The van der Waals surface area contributed by atoms with Gasteiger partial charge in [-0.2, -0.15) is 0 Å². The van der Waals surface area contributed by atoms with Gasteiger partial charge in [-0.3, -0.25) is 19.8 Å². The second-order valence-corrected chi connectivity index (χ2v) is 11.0.